The summed E-state index contributed by atoms with van der Waals surface area (Å²) in [7, 11) is 0. The maximum absolute atomic E-state index is 13.8. The zero-order chi connectivity index (χ0) is 25.8. The van der Waals surface area contributed by atoms with Gasteiger partial charge in [0.2, 0.25) is 5.91 Å². The topological polar surface area (TPSA) is 88.3 Å². The first-order valence-electron chi connectivity index (χ1n) is 12.6. The van der Waals surface area contributed by atoms with Crippen LogP contribution in [0.5, 0.6) is 0 Å². The maximum Gasteiger partial charge on any atom is 0.257 e. The van der Waals surface area contributed by atoms with Crippen molar-refractivity contribution in [3.8, 4) is 11.5 Å². The fourth-order valence-electron chi connectivity index (χ4n) is 5.01. The molecule has 1 aromatic heterocycles. The Kier molecular flexibility index (Phi) is 6.86. The van der Waals surface area contributed by atoms with Gasteiger partial charge in [0, 0.05) is 24.2 Å². The highest BCUT2D eigenvalue weighted by atomic mass is 16.5. The number of rotatable bonds is 6. The van der Waals surface area contributed by atoms with Crippen LogP contribution in [0.1, 0.15) is 53.1 Å². The molecule has 1 atom stereocenters. The van der Waals surface area contributed by atoms with Crippen molar-refractivity contribution in [2.24, 2.45) is 0 Å². The number of aryl methyl sites for hydroxylation is 1. The van der Waals surface area contributed by atoms with E-state index in [1.807, 2.05) is 84.6 Å². The van der Waals surface area contributed by atoms with Gasteiger partial charge in [-0.05, 0) is 62.1 Å². The first-order valence-corrected chi connectivity index (χ1v) is 12.6. The number of hydrogen-bond donors (Lipinski definition) is 1. The van der Waals surface area contributed by atoms with Crippen molar-refractivity contribution in [3.63, 3.8) is 0 Å². The lowest BCUT2D eigenvalue weighted by Gasteiger charge is -2.41. The van der Waals surface area contributed by atoms with E-state index in [1.54, 1.807) is 19.1 Å². The van der Waals surface area contributed by atoms with E-state index in [-0.39, 0.29) is 17.9 Å². The predicted octanol–water partition coefficient (Wildman–Crippen LogP) is 5.10. The van der Waals surface area contributed by atoms with Crippen LogP contribution in [-0.4, -0.2) is 39.9 Å². The van der Waals surface area contributed by atoms with E-state index in [2.05, 4.69) is 15.5 Å². The molecule has 1 aliphatic heterocycles. The molecule has 188 valence electrons. The Bertz CT molecular complexity index is 1360. The summed E-state index contributed by atoms with van der Waals surface area (Å²) < 4.78 is 5.22. The molecule has 4 aromatic rings. The summed E-state index contributed by atoms with van der Waals surface area (Å²) in [4.78, 5) is 33.2. The van der Waals surface area contributed by atoms with Gasteiger partial charge in [0.15, 0.2) is 5.82 Å². The number of benzene rings is 3. The largest absolute Gasteiger partial charge is 0.349 e. The lowest BCUT2D eigenvalue weighted by Crippen LogP contribution is -2.53. The summed E-state index contributed by atoms with van der Waals surface area (Å²) in [6.07, 6.45) is 1.10. The van der Waals surface area contributed by atoms with Gasteiger partial charge in [-0.2, -0.15) is 4.98 Å². The highest BCUT2D eigenvalue weighted by Crippen LogP contribution is 2.37. The molecule has 0 bridgehead atoms. The Balaban J connectivity index is 1.31. The van der Waals surface area contributed by atoms with Gasteiger partial charge in [-0.1, -0.05) is 65.8 Å². The van der Waals surface area contributed by atoms with E-state index in [0.717, 1.165) is 16.7 Å². The molecule has 1 fully saturated rings. The van der Waals surface area contributed by atoms with Gasteiger partial charge in [-0.25, -0.2) is 0 Å². The fraction of sp³-hybridized carbons (Fsp3) is 0.267. The molecule has 7 heteroatoms. The van der Waals surface area contributed by atoms with E-state index >= 15 is 0 Å². The third-order valence-electron chi connectivity index (χ3n) is 7.22. The number of likely N-dealkylation sites (tertiary alicyclic amines) is 1. The molecule has 0 spiro atoms. The second-order valence-electron chi connectivity index (χ2n) is 9.57. The second-order valence-corrected chi connectivity index (χ2v) is 9.57. The molecular formula is C30H30N4O3. The van der Waals surface area contributed by atoms with E-state index < -0.39 is 5.41 Å². The van der Waals surface area contributed by atoms with Crippen LogP contribution in [0.2, 0.25) is 0 Å². The molecule has 2 amide bonds. The third kappa shape index (κ3) is 5.03. The Labute approximate surface area is 216 Å². The zero-order valence-electron chi connectivity index (χ0n) is 21.1. The van der Waals surface area contributed by atoms with Crippen molar-refractivity contribution in [1.82, 2.24) is 20.4 Å². The third-order valence-corrected chi connectivity index (χ3v) is 7.22. The summed E-state index contributed by atoms with van der Waals surface area (Å²) in [6, 6.07) is 27.0. The lowest BCUT2D eigenvalue weighted by atomic mass is 9.71. The molecule has 1 saturated heterocycles. The minimum absolute atomic E-state index is 0.00126. The monoisotopic (exact) mass is 494 g/mol. The summed E-state index contributed by atoms with van der Waals surface area (Å²) >= 11 is 0. The first-order chi connectivity index (χ1) is 18.0. The lowest BCUT2D eigenvalue weighted by molar-refractivity contribution is -0.129. The Morgan fingerprint density at radius 3 is 2.14 bits per heavy atom. The fourth-order valence-corrected chi connectivity index (χ4v) is 5.01. The minimum atomic E-state index is -0.694. The van der Waals surface area contributed by atoms with Crippen LogP contribution < -0.4 is 5.32 Å². The Hall–Kier alpha value is -4.26. The van der Waals surface area contributed by atoms with Crippen LogP contribution in [0.3, 0.4) is 0 Å². The molecule has 0 aliphatic carbocycles. The standard InChI is InChI=1S/C30H30N4O3/c1-21(23-9-5-3-6-10-23)31-29(36)30(26-11-7-4-8-12-26)17-19-34(20-18-30)28(35)25-15-13-24(14-16-25)27-32-22(2)33-37-27/h3-16,21H,17-20H2,1-2H3,(H,31,36). The van der Waals surface area contributed by atoms with Gasteiger partial charge in [-0.15, -0.1) is 0 Å². The van der Waals surface area contributed by atoms with Crippen molar-refractivity contribution in [1.29, 1.82) is 0 Å². The van der Waals surface area contributed by atoms with Crippen LogP contribution >= 0.6 is 0 Å². The SMILES string of the molecule is Cc1noc(-c2ccc(C(=O)N3CCC(C(=O)NC(C)c4ccccc4)(c4ccccc4)CC3)cc2)n1. The van der Waals surface area contributed by atoms with Crippen molar-refractivity contribution < 1.29 is 14.1 Å². The molecule has 7 nitrogen and oxygen atoms in total. The molecule has 0 saturated carbocycles. The highest BCUT2D eigenvalue weighted by molar-refractivity contribution is 5.95. The number of hydrogen-bond acceptors (Lipinski definition) is 5. The number of nitrogens with one attached hydrogen (secondary N) is 1. The molecule has 1 N–H and O–H groups in total. The molecule has 1 aliphatic rings. The smallest absolute Gasteiger partial charge is 0.257 e. The first kappa shape index (κ1) is 24.4. The molecule has 2 heterocycles. The second kappa shape index (κ2) is 10.4. The van der Waals surface area contributed by atoms with Crippen LogP contribution in [0.4, 0.5) is 0 Å². The molecule has 3 aromatic carbocycles. The summed E-state index contributed by atoms with van der Waals surface area (Å²) in [5, 5.41) is 7.06. The predicted molar refractivity (Wildman–Crippen MR) is 141 cm³/mol. The number of piperidine rings is 1. The quantitative estimate of drug-likeness (QED) is 0.403. The number of aromatic nitrogens is 2. The van der Waals surface area contributed by atoms with Crippen LogP contribution in [0.15, 0.2) is 89.5 Å². The van der Waals surface area contributed by atoms with Gasteiger partial charge in [0.05, 0.1) is 11.5 Å². The molecule has 37 heavy (non-hydrogen) atoms. The van der Waals surface area contributed by atoms with E-state index in [4.69, 9.17) is 4.52 Å². The summed E-state index contributed by atoms with van der Waals surface area (Å²) in [6.45, 7) is 4.75. The van der Waals surface area contributed by atoms with Gasteiger partial charge < -0.3 is 14.7 Å². The number of carbonyl (C=O) groups excluding carboxylic acids is 2. The van der Waals surface area contributed by atoms with E-state index in [9.17, 15) is 9.59 Å². The van der Waals surface area contributed by atoms with Crippen LogP contribution in [-0.2, 0) is 10.2 Å². The normalized spacial score (nSPS) is 15.7. The van der Waals surface area contributed by atoms with E-state index in [1.165, 1.54) is 0 Å². The minimum Gasteiger partial charge on any atom is -0.349 e. The van der Waals surface area contributed by atoms with Crippen molar-refractivity contribution in [2.75, 3.05) is 13.1 Å². The molecule has 0 radical (unpaired) electrons. The zero-order valence-corrected chi connectivity index (χ0v) is 21.1. The molecule has 1 unspecified atom stereocenters. The number of nitrogens with zero attached hydrogens (tertiary/aromatic N) is 3. The Morgan fingerprint density at radius 1 is 0.919 bits per heavy atom. The highest BCUT2D eigenvalue weighted by Gasteiger charge is 2.44. The summed E-state index contributed by atoms with van der Waals surface area (Å²) in [5.74, 6) is 0.944. The molecular weight excluding hydrogens is 464 g/mol. The van der Waals surface area contributed by atoms with Gasteiger partial charge >= 0.3 is 0 Å². The average molecular weight is 495 g/mol. The number of amides is 2. The van der Waals surface area contributed by atoms with Crippen molar-refractivity contribution in [2.45, 2.75) is 38.1 Å². The maximum atomic E-state index is 13.8. The van der Waals surface area contributed by atoms with E-state index in [0.29, 0.717) is 43.2 Å². The molecule has 5 rings (SSSR count). The summed E-state index contributed by atoms with van der Waals surface area (Å²) in [5.41, 5.74) is 2.71. The van der Waals surface area contributed by atoms with Crippen LogP contribution in [0, 0.1) is 6.92 Å². The van der Waals surface area contributed by atoms with Crippen LogP contribution in [0.25, 0.3) is 11.5 Å². The number of carbonyl (C=O) groups is 2. The van der Waals surface area contributed by atoms with Crippen molar-refractivity contribution >= 4 is 11.8 Å². The van der Waals surface area contributed by atoms with Gasteiger partial charge in [0.25, 0.3) is 11.8 Å². The average Bonchev–Trinajstić information content (AvgIpc) is 3.40. The van der Waals surface area contributed by atoms with Gasteiger partial charge in [0.1, 0.15) is 0 Å². The Morgan fingerprint density at radius 2 is 1.54 bits per heavy atom. The van der Waals surface area contributed by atoms with Gasteiger partial charge in [-0.3, -0.25) is 9.59 Å². The van der Waals surface area contributed by atoms with Crippen molar-refractivity contribution in [3.05, 3.63) is 107 Å².